The van der Waals surface area contributed by atoms with Gasteiger partial charge in [-0.1, -0.05) is 34.5 Å². The quantitative estimate of drug-likeness (QED) is 0.700. The Hall–Kier alpha value is -1.71. The van der Waals surface area contributed by atoms with Crippen LogP contribution in [0.15, 0.2) is 41.3 Å². The van der Waals surface area contributed by atoms with E-state index in [1.54, 1.807) is 6.07 Å². The number of hydrogen-bond donors (Lipinski definition) is 2. The lowest BCUT2D eigenvalue weighted by molar-refractivity contribution is 0.102. The lowest BCUT2D eigenvalue weighted by atomic mass is 10.2. The predicted molar refractivity (Wildman–Crippen MR) is 95.4 cm³/mol. The summed E-state index contributed by atoms with van der Waals surface area (Å²) in [6.45, 7) is 0. The molecule has 3 aromatic rings. The molecule has 10 heteroatoms. The summed E-state index contributed by atoms with van der Waals surface area (Å²) in [7, 11) is -3.80. The van der Waals surface area contributed by atoms with Crippen molar-refractivity contribution in [3.63, 3.8) is 0 Å². The summed E-state index contributed by atoms with van der Waals surface area (Å²) in [5, 5.41) is 8.66. The number of carbonyl (C=O) groups excluding carboxylic acids is 1. The zero-order valence-corrected chi connectivity index (χ0v) is 14.9. The van der Waals surface area contributed by atoms with Crippen LogP contribution in [0.1, 0.15) is 10.4 Å². The maximum Gasteiger partial charge on any atom is 0.259 e. The molecule has 0 aliphatic heterocycles. The zero-order chi connectivity index (χ0) is 17.5. The van der Waals surface area contributed by atoms with Crippen molar-refractivity contribution in [1.29, 1.82) is 0 Å². The first-order valence-electron chi connectivity index (χ1n) is 6.44. The molecule has 0 aliphatic rings. The topological polar surface area (TPSA) is 102 Å². The summed E-state index contributed by atoms with van der Waals surface area (Å²) < 4.78 is 23.3. The number of hydrogen-bond acceptors (Lipinski definition) is 5. The molecule has 124 valence electrons. The largest absolute Gasteiger partial charge is 0.298 e. The summed E-state index contributed by atoms with van der Waals surface area (Å²) in [6.07, 6.45) is 0. The molecule has 0 radical (unpaired) electrons. The molecule has 0 unspecified atom stereocenters. The highest BCUT2D eigenvalue weighted by Gasteiger charge is 2.15. The number of nitrogens with one attached hydrogen (secondary N) is 1. The molecule has 0 saturated carbocycles. The van der Waals surface area contributed by atoms with Crippen molar-refractivity contribution in [1.82, 2.24) is 4.98 Å². The Bertz CT molecular complexity index is 1060. The Morgan fingerprint density at radius 1 is 1.17 bits per heavy atom. The lowest BCUT2D eigenvalue weighted by Gasteiger charge is -2.04. The van der Waals surface area contributed by atoms with Gasteiger partial charge in [0.1, 0.15) is 0 Å². The van der Waals surface area contributed by atoms with Crippen LogP contribution in [-0.4, -0.2) is 19.3 Å². The van der Waals surface area contributed by atoms with Crippen LogP contribution in [0.4, 0.5) is 5.13 Å². The van der Waals surface area contributed by atoms with Gasteiger partial charge in [0.05, 0.1) is 25.7 Å². The van der Waals surface area contributed by atoms with Crippen molar-refractivity contribution in [2.45, 2.75) is 4.90 Å². The molecule has 0 bridgehead atoms. The van der Waals surface area contributed by atoms with Gasteiger partial charge in [0.2, 0.25) is 10.0 Å². The number of sulfonamides is 1. The Morgan fingerprint density at radius 3 is 2.62 bits per heavy atom. The van der Waals surface area contributed by atoms with Gasteiger partial charge in [-0.2, -0.15) is 0 Å². The molecular weight excluding hydrogens is 393 g/mol. The van der Waals surface area contributed by atoms with Crippen LogP contribution < -0.4 is 10.5 Å². The molecule has 0 fully saturated rings. The van der Waals surface area contributed by atoms with Crippen LogP contribution in [0.5, 0.6) is 0 Å². The van der Waals surface area contributed by atoms with Gasteiger partial charge in [-0.25, -0.2) is 18.5 Å². The third kappa shape index (κ3) is 3.52. The normalized spacial score (nSPS) is 11.6. The molecule has 1 amide bonds. The van der Waals surface area contributed by atoms with E-state index < -0.39 is 15.9 Å². The van der Waals surface area contributed by atoms with Crippen LogP contribution in [0.25, 0.3) is 10.2 Å². The molecular formula is C14H9Cl2N3O3S2. The van der Waals surface area contributed by atoms with Gasteiger partial charge in [-0.15, -0.1) is 0 Å². The minimum atomic E-state index is -3.80. The lowest BCUT2D eigenvalue weighted by Crippen LogP contribution is -2.12. The van der Waals surface area contributed by atoms with E-state index in [4.69, 9.17) is 28.3 Å². The third-order valence-electron chi connectivity index (χ3n) is 3.08. The fourth-order valence-electron chi connectivity index (χ4n) is 1.97. The first-order chi connectivity index (χ1) is 11.2. The molecule has 3 N–H and O–H groups in total. The number of primary sulfonamides is 1. The molecule has 0 spiro atoms. The highest BCUT2D eigenvalue weighted by atomic mass is 35.5. The maximum absolute atomic E-state index is 12.3. The van der Waals surface area contributed by atoms with Crippen LogP contribution in [-0.2, 0) is 10.0 Å². The first kappa shape index (κ1) is 17.1. The van der Waals surface area contributed by atoms with Gasteiger partial charge in [-0.3, -0.25) is 10.1 Å². The van der Waals surface area contributed by atoms with Gasteiger partial charge in [0.25, 0.3) is 5.91 Å². The number of nitrogens with two attached hydrogens (primary N) is 1. The summed E-state index contributed by atoms with van der Waals surface area (Å²) in [6, 6.07) is 8.84. The molecule has 1 aromatic heterocycles. The Kier molecular flexibility index (Phi) is 4.50. The highest BCUT2D eigenvalue weighted by Crippen LogP contribution is 2.29. The average molecular weight is 402 g/mol. The van der Waals surface area contributed by atoms with Crippen molar-refractivity contribution in [3.05, 3.63) is 52.0 Å². The zero-order valence-electron chi connectivity index (χ0n) is 11.8. The van der Waals surface area contributed by atoms with Gasteiger partial charge in [-0.05, 0) is 36.4 Å². The summed E-state index contributed by atoms with van der Waals surface area (Å²) in [5.41, 5.74) is 0.758. The highest BCUT2D eigenvalue weighted by molar-refractivity contribution is 7.89. The summed E-state index contributed by atoms with van der Waals surface area (Å²) in [4.78, 5) is 16.5. The fraction of sp³-hybridized carbons (Fsp3) is 0. The van der Waals surface area contributed by atoms with Crippen molar-refractivity contribution in [2.75, 3.05) is 5.32 Å². The molecule has 0 saturated heterocycles. The first-order valence-corrected chi connectivity index (χ1v) is 9.56. The summed E-state index contributed by atoms with van der Waals surface area (Å²) in [5.74, 6) is -0.465. The number of anilines is 1. The molecule has 24 heavy (non-hydrogen) atoms. The minimum Gasteiger partial charge on any atom is -0.298 e. The third-order valence-corrected chi connectivity index (χ3v) is 5.49. The van der Waals surface area contributed by atoms with E-state index in [2.05, 4.69) is 10.3 Å². The second-order valence-corrected chi connectivity index (χ2v) is 8.21. The van der Waals surface area contributed by atoms with E-state index in [0.717, 1.165) is 11.3 Å². The van der Waals surface area contributed by atoms with E-state index in [1.165, 1.54) is 30.3 Å². The number of thiazole rings is 1. The molecule has 3 rings (SSSR count). The van der Waals surface area contributed by atoms with E-state index in [1.807, 2.05) is 0 Å². The number of aromatic nitrogens is 1. The van der Waals surface area contributed by atoms with Gasteiger partial charge in [0, 0.05) is 5.02 Å². The van der Waals surface area contributed by atoms with Crippen molar-refractivity contribution >= 4 is 65.8 Å². The predicted octanol–water partition coefficient (Wildman–Crippen LogP) is 3.50. The fourth-order valence-corrected chi connectivity index (χ4v) is 3.86. The van der Waals surface area contributed by atoms with E-state index in [9.17, 15) is 13.2 Å². The van der Waals surface area contributed by atoms with Crippen LogP contribution in [0.3, 0.4) is 0 Å². The Labute approximate surface area is 151 Å². The summed E-state index contributed by atoms with van der Waals surface area (Å²) >= 11 is 13.0. The maximum atomic E-state index is 12.3. The van der Waals surface area contributed by atoms with Gasteiger partial charge < -0.3 is 0 Å². The van der Waals surface area contributed by atoms with Crippen LogP contribution in [0, 0.1) is 0 Å². The molecule has 0 atom stereocenters. The standard InChI is InChI=1S/C14H9Cl2N3O3S2/c15-7-1-3-10(16)9(5-7)13(20)19-14-18-11-4-2-8(24(17,21)22)6-12(11)23-14/h1-6H,(H2,17,21,22)(H,18,19,20). The minimum absolute atomic E-state index is 0.0191. The van der Waals surface area contributed by atoms with Gasteiger partial charge >= 0.3 is 0 Å². The Balaban J connectivity index is 1.93. The van der Waals surface area contributed by atoms with E-state index in [-0.39, 0.29) is 15.5 Å². The second-order valence-electron chi connectivity index (χ2n) is 4.77. The number of amides is 1. The molecule has 0 aliphatic carbocycles. The number of benzene rings is 2. The van der Waals surface area contributed by atoms with Crippen LogP contribution in [0.2, 0.25) is 10.0 Å². The number of fused-ring (bicyclic) bond motifs is 1. The van der Waals surface area contributed by atoms with Gasteiger partial charge in [0.15, 0.2) is 5.13 Å². The number of carbonyl (C=O) groups is 1. The smallest absolute Gasteiger partial charge is 0.259 e. The molecule has 1 heterocycles. The van der Waals surface area contributed by atoms with E-state index in [0.29, 0.717) is 20.4 Å². The SMILES string of the molecule is NS(=O)(=O)c1ccc2nc(NC(=O)c3cc(Cl)ccc3Cl)sc2c1. The van der Waals surface area contributed by atoms with E-state index >= 15 is 0 Å². The molecule has 2 aromatic carbocycles. The number of halogens is 2. The van der Waals surface area contributed by atoms with Crippen molar-refractivity contribution in [3.8, 4) is 0 Å². The monoisotopic (exact) mass is 401 g/mol. The Morgan fingerprint density at radius 2 is 1.92 bits per heavy atom. The number of nitrogens with zero attached hydrogens (tertiary/aromatic N) is 1. The van der Waals surface area contributed by atoms with Crippen molar-refractivity contribution < 1.29 is 13.2 Å². The second kappa shape index (κ2) is 6.30. The average Bonchev–Trinajstić information content (AvgIpc) is 2.89. The van der Waals surface area contributed by atoms with Crippen molar-refractivity contribution in [2.24, 2.45) is 5.14 Å². The van der Waals surface area contributed by atoms with Crippen LogP contribution >= 0.6 is 34.5 Å². The number of rotatable bonds is 3. The molecule has 6 nitrogen and oxygen atoms in total.